The van der Waals surface area contributed by atoms with E-state index in [1.807, 2.05) is 24.3 Å². The molecule has 0 atom stereocenters. The second-order valence-electron chi connectivity index (χ2n) is 4.55. The number of aliphatic hydroxyl groups excluding tert-OH is 1. The fourth-order valence-corrected chi connectivity index (χ4v) is 1.88. The van der Waals surface area contributed by atoms with E-state index in [4.69, 9.17) is 9.52 Å². The molecule has 108 valence electrons. The van der Waals surface area contributed by atoms with Crippen molar-refractivity contribution in [2.45, 2.75) is 19.9 Å². The van der Waals surface area contributed by atoms with Gasteiger partial charge in [0, 0.05) is 18.5 Å². The summed E-state index contributed by atoms with van der Waals surface area (Å²) in [4.78, 5) is 12.0. The number of benzene rings is 1. The van der Waals surface area contributed by atoms with E-state index in [0.717, 1.165) is 11.1 Å². The molecule has 1 aromatic heterocycles. The van der Waals surface area contributed by atoms with Gasteiger partial charge in [0.25, 0.3) is 5.91 Å². The van der Waals surface area contributed by atoms with Crippen molar-refractivity contribution in [2.75, 3.05) is 6.61 Å². The Morgan fingerprint density at radius 2 is 2.24 bits per heavy atom. The maximum Gasteiger partial charge on any atom is 0.255 e. The SMILES string of the molecule is Cc1occc1C(=O)NCc1cccc(C#CCCO)c1. The van der Waals surface area contributed by atoms with Gasteiger partial charge in [-0.3, -0.25) is 4.79 Å². The first-order chi connectivity index (χ1) is 10.2. The molecular formula is C17H17NO3. The third kappa shape index (κ3) is 4.23. The summed E-state index contributed by atoms with van der Waals surface area (Å²) in [5.41, 5.74) is 2.39. The van der Waals surface area contributed by atoms with Crippen molar-refractivity contribution >= 4 is 5.91 Å². The van der Waals surface area contributed by atoms with Crippen LogP contribution in [0.1, 0.15) is 33.7 Å². The average Bonchev–Trinajstić information content (AvgIpc) is 2.92. The molecule has 2 aromatic rings. The lowest BCUT2D eigenvalue weighted by Gasteiger charge is -2.05. The molecule has 0 aliphatic carbocycles. The van der Waals surface area contributed by atoms with Gasteiger partial charge in [-0.25, -0.2) is 0 Å². The molecule has 4 heteroatoms. The number of aryl methyl sites for hydroxylation is 1. The molecule has 0 saturated heterocycles. The lowest BCUT2D eigenvalue weighted by molar-refractivity contribution is 0.0949. The largest absolute Gasteiger partial charge is 0.469 e. The first-order valence-electron chi connectivity index (χ1n) is 6.71. The summed E-state index contributed by atoms with van der Waals surface area (Å²) in [7, 11) is 0. The highest BCUT2D eigenvalue weighted by Gasteiger charge is 2.10. The van der Waals surface area contributed by atoms with Crippen LogP contribution in [0.5, 0.6) is 0 Å². The molecule has 21 heavy (non-hydrogen) atoms. The highest BCUT2D eigenvalue weighted by Crippen LogP contribution is 2.09. The monoisotopic (exact) mass is 283 g/mol. The number of aliphatic hydroxyl groups is 1. The van der Waals surface area contributed by atoms with E-state index in [1.165, 1.54) is 6.26 Å². The molecule has 1 aromatic carbocycles. The lowest BCUT2D eigenvalue weighted by atomic mass is 10.1. The van der Waals surface area contributed by atoms with E-state index in [0.29, 0.717) is 24.3 Å². The summed E-state index contributed by atoms with van der Waals surface area (Å²) < 4.78 is 5.11. The standard InChI is InChI=1S/C17H17NO3/c1-13-16(8-10-21-13)17(20)18-12-15-7-4-6-14(11-15)5-2-3-9-19/h4,6-8,10-11,19H,3,9,12H2,1H3,(H,18,20). The third-order valence-corrected chi connectivity index (χ3v) is 2.95. The molecule has 1 heterocycles. The summed E-state index contributed by atoms with van der Waals surface area (Å²) in [6.45, 7) is 2.25. The van der Waals surface area contributed by atoms with Crippen LogP contribution in [0.4, 0.5) is 0 Å². The Morgan fingerprint density at radius 3 is 2.95 bits per heavy atom. The number of hydrogen-bond donors (Lipinski definition) is 2. The highest BCUT2D eigenvalue weighted by molar-refractivity contribution is 5.94. The number of carbonyl (C=O) groups excluding carboxylic acids is 1. The Hall–Kier alpha value is -2.51. The minimum absolute atomic E-state index is 0.0623. The van der Waals surface area contributed by atoms with Gasteiger partial charge in [0.1, 0.15) is 5.76 Å². The summed E-state index contributed by atoms with van der Waals surface area (Å²) >= 11 is 0. The van der Waals surface area contributed by atoms with E-state index < -0.39 is 0 Å². The van der Waals surface area contributed by atoms with Crippen LogP contribution < -0.4 is 5.32 Å². The van der Waals surface area contributed by atoms with Gasteiger partial charge in [-0.1, -0.05) is 24.0 Å². The fraction of sp³-hybridized carbons (Fsp3) is 0.235. The van der Waals surface area contributed by atoms with Crippen LogP contribution in [0.3, 0.4) is 0 Å². The van der Waals surface area contributed by atoms with E-state index in [1.54, 1.807) is 13.0 Å². The van der Waals surface area contributed by atoms with Gasteiger partial charge in [-0.15, -0.1) is 0 Å². The molecule has 0 radical (unpaired) electrons. The molecule has 0 aliphatic rings. The maximum absolute atomic E-state index is 12.0. The van der Waals surface area contributed by atoms with Crippen molar-refractivity contribution in [3.8, 4) is 11.8 Å². The smallest absolute Gasteiger partial charge is 0.255 e. The zero-order valence-electron chi connectivity index (χ0n) is 11.8. The van der Waals surface area contributed by atoms with Gasteiger partial charge in [0.15, 0.2) is 0 Å². The van der Waals surface area contributed by atoms with Crippen LogP contribution >= 0.6 is 0 Å². The summed E-state index contributed by atoms with van der Waals surface area (Å²) in [6, 6.07) is 9.30. The Labute approximate surface area is 123 Å². The summed E-state index contributed by atoms with van der Waals surface area (Å²) in [5, 5.41) is 11.5. The molecule has 2 N–H and O–H groups in total. The predicted octanol–water partition coefficient (Wildman–Crippen LogP) is 2.25. The summed E-state index contributed by atoms with van der Waals surface area (Å²) in [6.07, 6.45) is 1.96. The number of carbonyl (C=O) groups is 1. The highest BCUT2D eigenvalue weighted by atomic mass is 16.3. The minimum atomic E-state index is -0.155. The van der Waals surface area contributed by atoms with Crippen LogP contribution in [-0.2, 0) is 6.54 Å². The number of furan rings is 1. The number of amides is 1. The number of hydrogen-bond acceptors (Lipinski definition) is 3. The Kier molecular flexibility index (Phi) is 5.19. The normalized spacial score (nSPS) is 9.81. The molecule has 2 rings (SSSR count). The average molecular weight is 283 g/mol. The Bertz CT molecular complexity index is 677. The van der Waals surface area contributed by atoms with E-state index in [9.17, 15) is 4.79 Å². The second kappa shape index (κ2) is 7.32. The maximum atomic E-state index is 12.0. The molecular weight excluding hydrogens is 266 g/mol. The van der Waals surface area contributed by atoms with Crippen LogP contribution in [0.15, 0.2) is 41.0 Å². The summed E-state index contributed by atoms with van der Waals surface area (Å²) in [5.74, 6) is 6.30. The Balaban J connectivity index is 1.98. The quantitative estimate of drug-likeness (QED) is 0.846. The zero-order valence-corrected chi connectivity index (χ0v) is 11.8. The number of nitrogens with one attached hydrogen (secondary N) is 1. The molecule has 0 bridgehead atoms. The van der Waals surface area contributed by atoms with Crippen molar-refractivity contribution in [3.05, 3.63) is 59.0 Å². The lowest BCUT2D eigenvalue weighted by Crippen LogP contribution is -2.22. The fourth-order valence-electron chi connectivity index (χ4n) is 1.88. The second-order valence-corrected chi connectivity index (χ2v) is 4.55. The van der Waals surface area contributed by atoms with Crippen molar-refractivity contribution in [1.82, 2.24) is 5.32 Å². The first kappa shape index (κ1) is 14.9. The molecule has 4 nitrogen and oxygen atoms in total. The molecule has 0 spiro atoms. The van der Waals surface area contributed by atoms with Crippen LogP contribution in [0, 0.1) is 18.8 Å². The van der Waals surface area contributed by atoms with Crippen LogP contribution in [0.2, 0.25) is 0 Å². The van der Waals surface area contributed by atoms with E-state index >= 15 is 0 Å². The van der Waals surface area contributed by atoms with Gasteiger partial charge >= 0.3 is 0 Å². The zero-order chi connectivity index (χ0) is 15.1. The molecule has 0 fully saturated rings. The predicted molar refractivity (Wildman–Crippen MR) is 79.6 cm³/mol. The Morgan fingerprint density at radius 1 is 1.38 bits per heavy atom. The van der Waals surface area contributed by atoms with Gasteiger partial charge < -0.3 is 14.8 Å². The van der Waals surface area contributed by atoms with Crippen molar-refractivity contribution in [3.63, 3.8) is 0 Å². The van der Waals surface area contributed by atoms with Crippen LogP contribution in [-0.4, -0.2) is 17.6 Å². The van der Waals surface area contributed by atoms with Gasteiger partial charge in [-0.05, 0) is 30.7 Å². The minimum Gasteiger partial charge on any atom is -0.469 e. The molecule has 0 saturated carbocycles. The van der Waals surface area contributed by atoms with Crippen LogP contribution in [0.25, 0.3) is 0 Å². The van der Waals surface area contributed by atoms with E-state index in [2.05, 4.69) is 17.2 Å². The van der Waals surface area contributed by atoms with E-state index in [-0.39, 0.29) is 12.5 Å². The molecule has 1 amide bonds. The number of rotatable bonds is 4. The third-order valence-electron chi connectivity index (χ3n) is 2.95. The van der Waals surface area contributed by atoms with Crippen molar-refractivity contribution in [1.29, 1.82) is 0 Å². The topological polar surface area (TPSA) is 62.5 Å². The molecule has 0 unspecified atom stereocenters. The first-order valence-corrected chi connectivity index (χ1v) is 6.71. The van der Waals surface area contributed by atoms with Gasteiger partial charge in [-0.2, -0.15) is 0 Å². The van der Waals surface area contributed by atoms with Crippen molar-refractivity contribution in [2.24, 2.45) is 0 Å². The van der Waals surface area contributed by atoms with Crippen molar-refractivity contribution < 1.29 is 14.3 Å². The molecule has 0 aliphatic heterocycles. The van der Waals surface area contributed by atoms with Gasteiger partial charge in [0.2, 0.25) is 0 Å². The van der Waals surface area contributed by atoms with Gasteiger partial charge in [0.05, 0.1) is 18.4 Å².